The van der Waals surface area contributed by atoms with Crippen molar-refractivity contribution >= 4 is 31.6 Å². The van der Waals surface area contributed by atoms with Gasteiger partial charge in [-0.3, -0.25) is 15.6 Å². The first-order valence-corrected chi connectivity index (χ1v) is 13.0. The summed E-state index contributed by atoms with van der Waals surface area (Å²) in [5.41, 5.74) is 5.51. The van der Waals surface area contributed by atoms with Crippen molar-refractivity contribution in [1.82, 2.24) is 14.5 Å². The molecule has 0 radical (unpaired) electrons. The van der Waals surface area contributed by atoms with Gasteiger partial charge in [0.25, 0.3) is 10.0 Å². The molecule has 1 saturated heterocycles. The Morgan fingerprint density at radius 3 is 2.26 bits per heavy atom. The zero-order valence-electron chi connectivity index (χ0n) is 16.7. The molecule has 2 heterocycles. The summed E-state index contributed by atoms with van der Waals surface area (Å²) in [5, 5.41) is -0.266. The van der Waals surface area contributed by atoms with E-state index in [2.05, 4.69) is 15.6 Å². The monoisotopic (exact) mass is 468 g/mol. The first kappa shape index (κ1) is 21.8. The normalized spacial score (nSPS) is 17.9. The largest absolute Gasteiger partial charge is 0.438 e. The smallest absolute Gasteiger partial charge is 0.305 e. The fraction of sp³-hybridized carbons (Fsp3) is 0.421. The quantitative estimate of drug-likeness (QED) is 0.501. The van der Waals surface area contributed by atoms with Crippen molar-refractivity contribution in [3.8, 4) is 0 Å². The third kappa shape index (κ3) is 5.09. The van der Waals surface area contributed by atoms with Crippen molar-refractivity contribution in [2.24, 2.45) is 0 Å². The molecule has 4 rings (SSSR count). The van der Waals surface area contributed by atoms with E-state index in [0.29, 0.717) is 18.8 Å². The summed E-state index contributed by atoms with van der Waals surface area (Å²) < 4.78 is 58.8. The number of amides is 1. The molecule has 2 aliphatic rings. The van der Waals surface area contributed by atoms with E-state index in [-0.39, 0.29) is 21.8 Å². The highest BCUT2D eigenvalue weighted by Gasteiger charge is 2.30. The topological polar surface area (TPSA) is 138 Å². The molecule has 1 aliphatic carbocycles. The van der Waals surface area contributed by atoms with E-state index in [1.165, 1.54) is 40.7 Å². The van der Waals surface area contributed by atoms with Crippen molar-refractivity contribution in [3.05, 3.63) is 42.2 Å². The van der Waals surface area contributed by atoms with Crippen LogP contribution in [0.4, 0.5) is 5.69 Å². The minimum atomic E-state index is -3.76. The van der Waals surface area contributed by atoms with Crippen LogP contribution in [0.25, 0.3) is 0 Å². The molecule has 2 aromatic rings. The number of carbonyl (C=O) groups excluding carboxylic acids is 1. The number of hydrazine groups is 1. The van der Waals surface area contributed by atoms with E-state index in [1.807, 2.05) is 0 Å². The molecule has 168 valence electrons. The lowest BCUT2D eigenvalue weighted by Crippen LogP contribution is -2.35. The lowest BCUT2D eigenvalue weighted by Gasteiger charge is -2.24. The van der Waals surface area contributed by atoms with Crippen LogP contribution < -0.4 is 15.6 Å². The molecule has 3 N–H and O–H groups in total. The molecule has 0 atom stereocenters. The van der Waals surface area contributed by atoms with E-state index >= 15 is 0 Å². The van der Waals surface area contributed by atoms with Gasteiger partial charge in [0.15, 0.2) is 5.76 Å². The van der Waals surface area contributed by atoms with Gasteiger partial charge < -0.3 is 4.42 Å². The zero-order chi connectivity index (χ0) is 22.1. The standard InChI is InChI=1S/C19H24N4O6S2/c24-19(17-10-11-18(29-17)31(27,28)23-12-2-1-3-13-23)21-20-14-6-8-16(9-7-14)30(25,26)22-15-4-5-15/h6-11,15,20,22H,1-5,12-13H2,(H,21,24). The van der Waals surface area contributed by atoms with E-state index in [0.717, 1.165) is 32.1 Å². The maximum atomic E-state index is 12.6. The average molecular weight is 469 g/mol. The second-order valence-electron chi connectivity index (χ2n) is 7.58. The van der Waals surface area contributed by atoms with E-state index < -0.39 is 26.0 Å². The Bertz CT molecular complexity index is 1150. The number of nitrogens with one attached hydrogen (secondary N) is 3. The highest BCUT2D eigenvalue weighted by Crippen LogP contribution is 2.24. The van der Waals surface area contributed by atoms with Crippen molar-refractivity contribution < 1.29 is 26.0 Å². The molecule has 1 aliphatic heterocycles. The minimum absolute atomic E-state index is 0.0130. The lowest BCUT2D eigenvalue weighted by atomic mass is 10.2. The van der Waals surface area contributed by atoms with Gasteiger partial charge in [-0.05, 0) is 62.1 Å². The highest BCUT2D eigenvalue weighted by atomic mass is 32.2. The zero-order valence-corrected chi connectivity index (χ0v) is 18.3. The third-order valence-electron chi connectivity index (χ3n) is 5.10. The van der Waals surface area contributed by atoms with Crippen molar-refractivity contribution in [1.29, 1.82) is 0 Å². The summed E-state index contributed by atoms with van der Waals surface area (Å²) in [4.78, 5) is 12.4. The van der Waals surface area contributed by atoms with Gasteiger partial charge in [0, 0.05) is 19.1 Å². The summed E-state index contributed by atoms with van der Waals surface area (Å²) in [6.45, 7) is 0.877. The molecule has 10 nitrogen and oxygen atoms in total. The fourth-order valence-electron chi connectivity index (χ4n) is 3.21. The number of benzene rings is 1. The van der Waals surface area contributed by atoms with Gasteiger partial charge in [-0.2, -0.15) is 4.31 Å². The van der Waals surface area contributed by atoms with Crippen LogP contribution in [-0.2, 0) is 20.0 Å². The number of rotatable bonds is 8. The number of nitrogens with zero attached hydrogens (tertiary/aromatic N) is 1. The van der Waals surface area contributed by atoms with Crippen LogP contribution in [0.1, 0.15) is 42.7 Å². The van der Waals surface area contributed by atoms with Gasteiger partial charge >= 0.3 is 5.91 Å². The number of anilines is 1. The first-order valence-electron chi connectivity index (χ1n) is 10.0. The van der Waals surface area contributed by atoms with Crippen LogP contribution in [0, 0.1) is 0 Å². The van der Waals surface area contributed by atoms with Crippen LogP contribution >= 0.6 is 0 Å². The molecule has 0 bridgehead atoms. The summed E-state index contributed by atoms with van der Waals surface area (Å²) in [6.07, 6.45) is 4.28. The maximum absolute atomic E-state index is 12.6. The van der Waals surface area contributed by atoms with Crippen LogP contribution in [0.15, 0.2) is 50.8 Å². The van der Waals surface area contributed by atoms with Crippen molar-refractivity contribution in [2.75, 3.05) is 18.5 Å². The molecular weight excluding hydrogens is 444 g/mol. The fourth-order valence-corrected chi connectivity index (χ4v) is 5.94. The van der Waals surface area contributed by atoms with Crippen molar-refractivity contribution in [3.63, 3.8) is 0 Å². The Morgan fingerprint density at radius 1 is 0.935 bits per heavy atom. The molecule has 2 fully saturated rings. The number of furan rings is 1. The van der Waals surface area contributed by atoms with E-state index in [1.54, 1.807) is 0 Å². The molecule has 1 amide bonds. The number of sulfonamides is 2. The van der Waals surface area contributed by atoms with Gasteiger partial charge in [-0.1, -0.05) is 6.42 Å². The summed E-state index contributed by atoms with van der Waals surface area (Å²) in [7, 11) is -7.31. The lowest BCUT2D eigenvalue weighted by molar-refractivity contribution is 0.0929. The van der Waals surface area contributed by atoms with Gasteiger partial charge in [0.2, 0.25) is 15.1 Å². The number of hydrogen-bond donors (Lipinski definition) is 3. The summed E-state index contributed by atoms with van der Waals surface area (Å²) >= 11 is 0. The number of carbonyl (C=O) groups is 1. The maximum Gasteiger partial charge on any atom is 0.305 e. The first-order chi connectivity index (χ1) is 14.8. The summed E-state index contributed by atoms with van der Waals surface area (Å²) in [5.74, 6) is -0.817. The van der Waals surface area contributed by atoms with Crippen molar-refractivity contribution in [2.45, 2.75) is 48.1 Å². The van der Waals surface area contributed by atoms with E-state index in [9.17, 15) is 21.6 Å². The molecule has 12 heteroatoms. The van der Waals surface area contributed by atoms with Gasteiger partial charge in [-0.15, -0.1) is 0 Å². The van der Waals surface area contributed by atoms with Gasteiger partial charge in [0.1, 0.15) is 0 Å². The Morgan fingerprint density at radius 2 is 1.61 bits per heavy atom. The van der Waals surface area contributed by atoms with Crippen LogP contribution in [-0.4, -0.2) is 46.2 Å². The molecule has 0 unspecified atom stereocenters. The molecule has 1 aromatic carbocycles. The van der Waals surface area contributed by atoms with Crippen LogP contribution in [0.3, 0.4) is 0 Å². The number of hydrogen-bond acceptors (Lipinski definition) is 7. The minimum Gasteiger partial charge on any atom is -0.438 e. The highest BCUT2D eigenvalue weighted by molar-refractivity contribution is 7.89. The third-order valence-corrected chi connectivity index (χ3v) is 8.41. The molecule has 1 saturated carbocycles. The Labute approximate surface area is 181 Å². The van der Waals surface area contributed by atoms with E-state index in [4.69, 9.17) is 4.42 Å². The predicted octanol–water partition coefficient (Wildman–Crippen LogP) is 1.65. The van der Waals surface area contributed by atoms with Crippen LogP contribution in [0.5, 0.6) is 0 Å². The average Bonchev–Trinajstić information content (AvgIpc) is 3.41. The predicted molar refractivity (Wildman–Crippen MR) is 112 cm³/mol. The molecule has 31 heavy (non-hydrogen) atoms. The molecular formula is C19H24N4O6S2. The van der Waals surface area contributed by atoms with Gasteiger partial charge in [0.05, 0.1) is 10.6 Å². The second kappa shape index (κ2) is 8.61. The Balaban J connectivity index is 1.36. The molecule has 1 aromatic heterocycles. The van der Waals surface area contributed by atoms with Crippen LogP contribution in [0.2, 0.25) is 0 Å². The SMILES string of the molecule is O=C(NNc1ccc(S(=O)(=O)NC2CC2)cc1)c1ccc(S(=O)(=O)N2CCCCC2)o1. The Hall–Kier alpha value is -2.41. The van der Waals surface area contributed by atoms with Gasteiger partial charge in [-0.25, -0.2) is 21.6 Å². The number of piperidine rings is 1. The molecule has 0 spiro atoms. The summed E-state index contributed by atoms with van der Waals surface area (Å²) in [6, 6.07) is 8.45. The Kier molecular flexibility index (Phi) is 6.06. The second-order valence-corrected chi connectivity index (χ2v) is 11.2.